The fourth-order valence-corrected chi connectivity index (χ4v) is 2.77. The maximum absolute atomic E-state index is 14.3. The highest BCUT2D eigenvalue weighted by molar-refractivity contribution is 5.56. The van der Waals surface area contributed by atoms with Gasteiger partial charge in [-0.2, -0.15) is 5.10 Å². The summed E-state index contributed by atoms with van der Waals surface area (Å²) in [7, 11) is 3.51. The summed E-state index contributed by atoms with van der Waals surface area (Å²) in [5, 5.41) is 4.28. The summed E-state index contributed by atoms with van der Waals surface area (Å²) in [6.45, 7) is 6.10. The first-order valence-electron chi connectivity index (χ1n) is 8.50. The van der Waals surface area contributed by atoms with Gasteiger partial charge in [-0.15, -0.1) is 0 Å². The van der Waals surface area contributed by atoms with Crippen LogP contribution in [0.3, 0.4) is 0 Å². The van der Waals surface area contributed by atoms with Gasteiger partial charge in [-0.1, -0.05) is 0 Å². The van der Waals surface area contributed by atoms with Crippen molar-refractivity contribution >= 4 is 0 Å². The van der Waals surface area contributed by atoms with E-state index in [1.165, 1.54) is 13.2 Å². The minimum atomic E-state index is -0.419. The highest BCUT2D eigenvalue weighted by Crippen LogP contribution is 2.27. The van der Waals surface area contributed by atoms with Gasteiger partial charge >= 0.3 is 0 Å². The lowest BCUT2D eigenvalue weighted by Crippen LogP contribution is -2.17. The lowest BCUT2D eigenvalue weighted by Gasteiger charge is -2.13. The molecule has 0 unspecified atom stereocenters. The molecule has 0 saturated carbocycles. The second kappa shape index (κ2) is 7.70. The van der Waals surface area contributed by atoms with Gasteiger partial charge in [0.25, 0.3) is 0 Å². The SMILES string of the molecule is CCn1cc(CN(C)Cc2nc(-c3ccc(OC)cc3F)oc2C)cn1. The summed E-state index contributed by atoms with van der Waals surface area (Å²) < 4.78 is 26.9. The molecule has 0 saturated heterocycles. The van der Waals surface area contributed by atoms with Crippen molar-refractivity contribution in [1.29, 1.82) is 0 Å². The molecule has 0 amide bonds. The largest absolute Gasteiger partial charge is 0.497 e. The quantitative estimate of drug-likeness (QED) is 0.645. The van der Waals surface area contributed by atoms with E-state index in [9.17, 15) is 4.39 Å². The number of methoxy groups -OCH3 is 1. The first kappa shape index (κ1) is 18.1. The molecule has 0 aliphatic heterocycles. The zero-order chi connectivity index (χ0) is 18.7. The van der Waals surface area contributed by atoms with Gasteiger partial charge in [0.05, 0.1) is 24.6 Å². The third-order valence-electron chi connectivity index (χ3n) is 4.18. The van der Waals surface area contributed by atoms with Crippen molar-refractivity contribution in [2.45, 2.75) is 33.5 Å². The fraction of sp³-hybridized carbons (Fsp3) is 0.368. The molecule has 3 rings (SSSR count). The number of benzene rings is 1. The van der Waals surface area contributed by atoms with Gasteiger partial charge in [0.15, 0.2) is 0 Å². The maximum atomic E-state index is 14.3. The molecule has 0 aliphatic carbocycles. The Hall–Kier alpha value is -2.67. The Kier molecular flexibility index (Phi) is 5.37. The number of hydrogen-bond acceptors (Lipinski definition) is 5. The summed E-state index contributed by atoms with van der Waals surface area (Å²) in [5.74, 6) is 1.01. The predicted octanol–water partition coefficient (Wildman–Crippen LogP) is 3.65. The van der Waals surface area contributed by atoms with E-state index in [-0.39, 0.29) is 5.89 Å². The first-order valence-corrected chi connectivity index (χ1v) is 8.50. The Morgan fingerprint density at radius 2 is 2.12 bits per heavy atom. The minimum absolute atomic E-state index is 0.282. The maximum Gasteiger partial charge on any atom is 0.229 e. The molecule has 0 spiro atoms. The minimum Gasteiger partial charge on any atom is -0.497 e. The van der Waals surface area contributed by atoms with Crippen LogP contribution in [0.4, 0.5) is 4.39 Å². The Morgan fingerprint density at radius 1 is 1.31 bits per heavy atom. The average molecular weight is 358 g/mol. The lowest BCUT2D eigenvalue weighted by molar-refractivity contribution is 0.313. The number of aromatic nitrogens is 3. The Balaban J connectivity index is 1.73. The number of aryl methyl sites for hydroxylation is 2. The van der Waals surface area contributed by atoms with Gasteiger partial charge in [-0.05, 0) is 33.0 Å². The number of nitrogens with zero attached hydrogens (tertiary/aromatic N) is 4. The zero-order valence-electron chi connectivity index (χ0n) is 15.5. The van der Waals surface area contributed by atoms with Crippen molar-refractivity contribution < 1.29 is 13.5 Å². The molecule has 26 heavy (non-hydrogen) atoms. The van der Waals surface area contributed by atoms with Gasteiger partial charge in [0, 0.05) is 37.5 Å². The van der Waals surface area contributed by atoms with Gasteiger partial charge in [-0.3, -0.25) is 9.58 Å². The molecule has 0 atom stereocenters. The topological polar surface area (TPSA) is 56.3 Å². The Morgan fingerprint density at radius 3 is 2.77 bits per heavy atom. The van der Waals surface area contributed by atoms with E-state index in [1.807, 2.05) is 31.0 Å². The van der Waals surface area contributed by atoms with Crippen molar-refractivity contribution in [3.05, 3.63) is 53.4 Å². The monoisotopic (exact) mass is 358 g/mol. The number of ether oxygens (including phenoxy) is 1. The van der Waals surface area contributed by atoms with E-state index in [1.54, 1.807) is 12.1 Å². The number of rotatable bonds is 7. The van der Waals surface area contributed by atoms with Crippen LogP contribution in [0.25, 0.3) is 11.5 Å². The van der Waals surface area contributed by atoms with E-state index < -0.39 is 5.82 Å². The van der Waals surface area contributed by atoms with Gasteiger partial charge in [-0.25, -0.2) is 9.37 Å². The zero-order valence-corrected chi connectivity index (χ0v) is 15.5. The van der Waals surface area contributed by atoms with E-state index in [0.29, 0.717) is 23.6 Å². The van der Waals surface area contributed by atoms with Crippen molar-refractivity contribution in [2.75, 3.05) is 14.2 Å². The summed E-state index contributed by atoms with van der Waals surface area (Å²) in [6.07, 6.45) is 3.90. The number of hydrogen-bond donors (Lipinski definition) is 0. The van der Waals surface area contributed by atoms with Crippen LogP contribution >= 0.6 is 0 Å². The van der Waals surface area contributed by atoms with Crippen molar-refractivity contribution in [3.63, 3.8) is 0 Å². The van der Waals surface area contributed by atoms with Gasteiger partial charge < -0.3 is 9.15 Å². The molecule has 0 bridgehead atoms. The fourth-order valence-electron chi connectivity index (χ4n) is 2.77. The summed E-state index contributed by atoms with van der Waals surface area (Å²) in [6, 6.07) is 4.63. The molecule has 2 heterocycles. The van der Waals surface area contributed by atoms with E-state index in [4.69, 9.17) is 9.15 Å². The summed E-state index contributed by atoms with van der Waals surface area (Å²) in [4.78, 5) is 6.61. The van der Waals surface area contributed by atoms with Crippen LogP contribution in [-0.2, 0) is 19.6 Å². The molecule has 0 aliphatic rings. The Bertz CT molecular complexity index is 888. The van der Waals surface area contributed by atoms with Crippen molar-refractivity contribution in [1.82, 2.24) is 19.7 Å². The molecule has 2 aromatic heterocycles. The highest BCUT2D eigenvalue weighted by atomic mass is 19.1. The molecule has 0 N–H and O–H groups in total. The molecular weight excluding hydrogens is 335 g/mol. The average Bonchev–Trinajstić information content (AvgIpc) is 3.21. The molecule has 7 heteroatoms. The van der Waals surface area contributed by atoms with Crippen LogP contribution in [0.1, 0.15) is 23.9 Å². The van der Waals surface area contributed by atoms with Crippen LogP contribution in [0.15, 0.2) is 35.0 Å². The molecule has 0 radical (unpaired) electrons. The number of halogens is 1. The van der Waals surface area contributed by atoms with Crippen LogP contribution in [0.5, 0.6) is 5.75 Å². The van der Waals surface area contributed by atoms with Crippen LogP contribution in [-0.4, -0.2) is 33.8 Å². The lowest BCUT2D eigenvalue weighted by atomic mass is 10.2. The third kappa shape index (κ3) is 3.94. The van der Waals surface area contributed by atoms with E-state index in [0.717, 1.165) is 24.3 Å². The molecule has 6 nitrogen and oxygen atoms in total. The standard InChI is InChI=1S/C19H23FN4O2/c1-5-24-11-14(9-21-24)10-23(3)12-18-13(2)26-19(22-18)16-7-6-15(25-4)8-17(16)20/h6-9,11H,5,10,12H2,1-4H3. The molecule has 3 aromatic rings. The van der Waals surface area contributed by atoms with Gasteiger partial charge in [0.1, 0.15) is 17.3 Å². The second-order valence-corrected chi connectivity index (χ2v) is 6.24. The second-order valence-electron chi connectivity index (χ2n) is 6.24. The van der Waals surface area contributed by atoms with E-state index in [2.05, 4.69) is 21.9 Å². The van der Waals surface area contributed by atoms with Crippen LogP contribution < -0.4 is 4.74 Å². The predicted molar refractivity (Wildman–Crippen MR) is 96.3 cm³/mol. The molecule has 0 fully saturated rings. The molecule has 1 aromatic carbocycles. The van der Waals surface area contributed by atoms with Gasteiger partial charge in [0.2, 0.25) is 5.89 Å². The summed E-state index contributed by atoms with van der Waals surface area (Å²) >= 11 is 0. The number of oxazole rings is 1. The highest BCUT2D eigenvalue weighted by Gasteiger charge is 2.17. The summed E-state index contributed by atoms with van der Waals surface area (Å²) in [5.41, 5.74) is 2.25. The van der Waals surface area contributed by atoms with Crippen molar-refractivity contribution in [3.8, 4) is 17.2 Å². The van der Waals surface area contributed by atoms with Crippen molar-refractivity contribution in [2.24, 2.45) is 0 Å². The first-order chi connectivity index (χ1) is 12.5. The molecular formula is C19H23FN4O2. The Labute approximate surface area is 152 Å². The smallest absolute Gasteiger partial charge is 0.229 e. The van der Waals surface area contributed by atoms with Crippen LogP contribution in [0.2, 0.25) is 0 Å². The van der Waals surface area contributed by atoms with Crippen LogP contribution in [0, 0.1) is 12.7 Å². The normalized spacial score (nSPS) is 11.3. The third-order valence-corrected chi connectivity index (χ3v) is 4.18. The molecule has 138 valence electrons. The van der Waals surface area contributed by atoms with E-state index >= 15 is 0 Å².